The number of nitrogens with zero attached hydrogens (tertiary/aromatic N) is 2. The van der Waals surface area contributed by atoms with Crippen molar-refractivity contribution in [1.29, 1.82) is 0 Å². The highest BCUT2D eigenvalue weighted by atomic mass is 16.4. The van der Waals surface area contributed by atoms with Gasteiger partial charge in [-0.15, -0.1) is 0 Å². The van der Waals surface area contributed by atoms with Crippen molar-refractivity contribution in [3.05, 3.63) is 12.3 Å². The summed E-state index contributed by atoms with van der Waals surface area (Å²) in [6.45, 7) is 3.96. The molecule has 3 heterocycles. The molecule has 0 saturated carbocycles. The number of rotatable bonds is 11. The molecular formula is C23H40N3O4+. The van der Waals surface area contributed by atoms with E-state index in [1.807, 2.05) is 6.21 Å². The molecule has 30 heavy (non-hydrogen) atoms. The number of aliphatic imine (C=N–C) groups is 1. The molecule has 0 aromatic heterocycles. The number of allylic oxidation sites excluding steroid dienone is 1. The van der Waals surface area contributed by atoms with Gasteiger partial charge in [0.2, 0.25) is 0 Å². The second-order valence-electron chi connectivity index (χ2n) is 9.48. The lowest BCUT2D eigenvalue weighted by molar-refractivity contribution is -0.915. The first-order valence-electron chi connectivity index (χ1n) is 11.8. The third-order valence-electron chi connectivity index (χ3n) is 7.27. The summed E-state index contributed by atoms with van der Waals surface area (Å²) in [6, 6.07) is 1.12. The molecule has 0 amide bonds. The Balaban J connectivity index is 1.38. The van der Waals surface area contributed by atoms with E-state index in [9.17, 15) is 15.0 Å². The number of hydrogen-bond donors (Lipinski definition) is 4. The molecule has 0 aromatic carbocycles. The van der Waals surface area contributed by atoms with Gasteiger partial charge in [-0.1, -0.05) is 38.2 Å². The van der Waals surface area contributed by atoms with Crippen LogP contribution in [0, 0.1) is 5.92 Å². The molecule has 170 valence electrons. The first kappa shape index (κ1) is 23.2. The lowest BCUT2D eigenvalue weighted by Crippen LogP contribution is -3.16. The number of unbranched alkanes of at least 4 members (excludes halogenated alkanes) is 4. The summed E-state index contributed by atoms with van der Waals surface area (Å²) in [5, 5.41) is 28.8. The van der Waals surface area contributed by atoms with Gasteiger partial charge in [0, 0.05) is 6.42 Å². The lowest BCUT2D eigenvalue weighted by Gasteiger charge is -2.50. The van der Waals surface area contributed by atoms with Crippen LogP contribution in [0.1, 0.15) is 71.1 Å². The topological polar surface area (TPSA) is 97.8 Å². The van der Waals surface area contributed by atoms with Gasteiger partial charge < -0.3 is 25.1 Å². The second-order valence-corrected chi connectivity index (χ2v) is 9.48. The normalized spacial score (nSPS) is 34.2. The van der Waals surface area contributed by atoms with E-state index in [1.165, 1.54) is 30.6 Å². The number of quaternary nitrogens is 1. The van der Waals surface area contributed by atoms with Crippen LogP contribution >= 0.6 is 0 Å². The van der Waals surface area contributed by atoms with Crippen molar-refractivity contribution in [2.75, 3.05) is 13.2 Å². The van der Waals surface area contributed by atoms with E-state index in [4.69, 9.17) is 5.11 Å². The average molecular weight is 423 g/mol. The van der Waals surface area contributed by atoms with Crippen LogP contribution in [0.3, 0.4) is 0 Å². The minimum absolute atomic E-state index is 0.145. The first-order chi connectivity index (χ1) is 14.5. The van der Waals surface area contributed by atoms with E-state index in [-0.39, 0.29) is 18.6 Å². The smallest absolute Gasteiger partial charge is 0.305 e. The molecule has 7 heteroatoms. The number of aliphatic hydroxyl groups is 2. The van der Waals surface area contributed by atoms with E-state index < -0.39 is 12.1 Å². The van der Waals surface area contributed by atoms with Crippen LogP contribution in [-0.4, -0.2) is 76.0 Å². The zero-order chi connectivity index (χ0) is 21.5. The van der Waals surface area contributed by atoms with Crippen LogP contribution in [-0.2, 0) is 4.79 Å². The molecule has 3 aliphatic heterocycles. The van der Waals surface area contributed by atoms with Gasteiger partial charge in [0.05, 0.1) is 36.9 Å². The van der Waals surface area contributed by atoms with Crippen molar-refractivity contribution in [2.24, 2.45) is 10.9 Å². The largest absolute Gasteiger partial charge is 0.481 e. The van der Waals surface area contributed by atoms with E-state index in [0.717, 1.165) is 38.9 Å². The Bertz CT molecular complexity index is 603. The molecule has 4 N–H and O–H groups in total. The molecule has 0 bridgehead atoms. The standard InChI is InChI=1S/C23H39N3O4/c1-17-22(28)15-20(25-12-10-24-16-25)21-13-18(9-11-26(17)21)7-5-3-2-4-6-8-19(27)14-23(29)30/h9-11,17-22,27-28H,2-8,12-16H2,1H3,(H,29,30)/p+1. The predicted molar refractivity (Wildman–Crippen MR) is 117 cm³/mol. The summed E-state index contributed by atoms with van der Waals surface area (Å²) in [5.41, 5.74) is 0. The molecule has 3 aliphatic rings. The van der Waals surface area contributed by atoms with E-state index in [0.29, 0.717) is 24.4 Å². The predicted octanol–water partition coefficient (Wildman–Crippen LogP) is 1.21. The molecule has 1 saturated heterocycles. The number of piperidine rings is 1. The maximum atomic E-state index is 10.6. The van der Waals surface area contributed by atoms with Gasteiger partial charge in [0.1, 0.15) is 12.6 Å². The van der Waals surface area contributed by atoms with Gasteiger partial charge in [-0.2, -0.15) is 0 Å². The molecule has 1 fully saturated rings. The minimum Gasteiger partial charge on any atom is -0.481 e. The maximum absolute atomic E-state index is 10.6. The minimum atomic E-state index is -0.926. The molecule has 0 aliphatic carbocycles. The Morgan fingerprint density at radius 2 is 2.00 bits per heavy atom. The van der Waals surface area contributed by atoms with E-state index in [1.54, 1.807) is 0 Å². The number of nitrogens with one attached hydrogen (secondary N) is 1. The SMILES string of the molecule is CC1C(O)CC([NH+]2CC=NC2)C2CC(CCCCCCCC(O)CC(=O)O)C=CN12. The Kier molecular flexibility index (Phi) is 8.72. The van der Waals surface area contributed by atoms with Crippen LogP contribution in [0.2, 0.25) is 0 Å². The zero-order valence-electron chi connectivity index (χ0n) is 18.3. The van der Waals surface area contributed by atoms with Crippen LogP contribution in [0.4, 0.5) is 0 Å². The number of carboxylic acids is 1. The van der Waals surface area contributed by atoms with Crippen molar-refractivity contribution in [3.63, 3.8) is 0 Å². The monoisotopic (exact) mass is 422 g/mol. The summed E-state index contributed by atoms with van der Waals surface area (Å²) in [4.78, 5) is 18.9. The van der Waals surface area contributed by atoms with E-state index >= 15 is 0 Å². The van der Waals surface area contributed by atoms with Crippen molar-refractivity contribution in [1.82, 2.24) is 4.90 Å². The van der Waals surface area contributed by atoms with Gasteiger partial charge in [0.15, 0.2) is 6.67 Å². The molecule has 0 aromatic rings. The first-order valence-corrected chi connectivity index (χ1v) is 11.8. The number of carbonyl (C=O) groups is 1. The second kappa shape index (κ2) is 11.3. The molecular weight excluding hydrogens is 382 g/mol. The fraction of sp³-hybridized carbons (Fsp3) is 0.826. The highest BCUT2D eigenvalue weighted by molar-refractivity contribution is 5.67. The van der Waals surface area contributed by atoms with Crippen molar-refractivity contribution in [3.8, 4) is 0 Å². The van der Waals surface area contributed by atoms with Gasteiger partial charge >= 0.3 is 5.97 Å². The summed E-state index contributed by atoms with van der Waals surface area (Å²) in [6.07, 6.45) is 14.8. The molecule has 7 unspecified atom stereocenters. The summed E-state index contributed by atoms with van der Waals surface area (Å²) in [7, 11) is 0. The highest BCUT2D eigenvalue weighted by Gasteiger charge is 2.46. The lowest BCUT2D eigenvalue weighted by atomic mass is 9.80. The summed E-state index contributed by atoms with van der Waals surface area (Å²) in [5.74, 6) is -0.318. The molecule has 7 atom stereocenters. The Morgan fingerprint density at radius 3 is 2.73 bits per heavy atom. The number of hydrogen-bond acceptors (Lipinski definition) is 5. The van der Waals surface area contributed by atoms with Gasteiger partial charge in [0.25, 0.3) is 0 Å². The fourth-order valence-corrected chi connectivity index (χ4v) is 5.43. The highest BCUT2D eigenvalue weighted by Crippen LogP contribution is 2.33. The quantitative estimate of drug-likeness (QED) is 0.375. The zero-order valence-corrected chi connectivity index (χ0v) is 18.3. The molecule has 0 radical (unpaired) electrons. The van der Waals surface area contributed by atoms with Crippen molar-refractivity contribution >= 4 is 12.2 Å². The van der Waals surface area contributed by atoms with Crippen LogP contribution in [0.15, 0.2) is 17.3 Å². The average Bonchev–Trinajstić information content (AvgIpc) is 3.24. The summed E-state index contributed by atoms with van der Waals surface area (Å²) < 4.78 is 0. The maximum Gasteiger partial charge on any atom is 0.305 e. The molecule has 7 nitrogen and oxygen atoms in total. The van der Waals surface area contributed by atoms with Gasteiger partial charge in [-0.05, 0) is 38.3 Å². The Hall–Kier alpha value is -1.44. The number of carboxylic acid groups (broad SMARTS) is 1. The van der Waals surface area contributed by atoms with Crippen molar-refractivity contribution < 1.29 is 25.0 Å². The Labute approximate surface area is 180 Å². The van der Waals surface area contributed by atoms with Crippen molar-refractivity contribution in [2.45, 2.75) is 101 Å². The Morgan fingerprint density at radius 1 is 1.23 bits per heavy atom. The molecule has 3 rings (SSSR count). The molecule has 0 spiro atoms. The van der Waals surface area contributed by atoms with Crippen LogP contribution < -0.4 is 4.90 Å². The van der Waals surface area contributed by atoms with Gasteiger partial charge in [-0.3, -0.25) is 4.79 Å². The number of aliphatic carboxylic acids is 1. The summed E-state index contributed by atoms with van der Waals surface area (Å²) >= 11 is 0. The number of fused-ring (bicyclic) bond motifs is 1. The van der Waals surface area contributed by atoms with Crippen LogP contribution in [0.5, 0.6) is 0 Å². The van der Waals surface area contributed by atoms with Gasteiger partial charge in [-0.25, -0.2) is 4.99 Å². The van der Waals surface area contributed by atoms with E-state index in [2.05, 4.69) is 29.1 Å². The van der Waals surface area contributed by atoms with Crippen LogP contribution in [0.25, 0.3) is 0 Å². The fourth-order valence-electron chi connectivity index (χ4n) is 5.43. The third kappa shape index (κ3) is 6.28. The third-order valence-corrected chi connectivity index (χ3v) is 7.27. The number of aliphatic hydroxyl groups excluding tert-OH is 2.